The molecule has 0 radical (unpaired) electrons. The minimum absolute atomic E-state index is 0.494. The van der Waals surface area contributed by atoms with E-state index in [1.54, 1.807) is 0 Å². The zero-order chi connectivity index (χ0) is 13.0. The topological polar surface area (TPSA) is 37.3 Å². The Hall–Kier alpha value is -1.21. The van der Waals surface area contributed by atoms with E-state index < -0.39 is 49.2 Å². The standard InChI is InChI=1S/C8H8F6O2/c9-7(10,11)3-1-2-5(6(15)16)4-8(12,13)14/h4H,1-3H2,(H,15,16). The Labute approximate surface area is 86.6 Å². The fourth-order valence-electron chi connectivity index (χ4n) is 0.918. The molecule has 0 atom stereocenters. The molecule has 1 N–H and O–H groups in total. The third kappa shape index (κ3) is 8.13. The monoisotopic (exact) mass is 250 g/mol. The van der Waals surface area contributed by atoms with Gasteiger partial charge in [-0.15, -0.1) is 0 Å². The van der Waals surface area contributed by atoms with E-state index in [0.29, 0.717) is 0 Å². The Balaban J connectivity index is 4.39. The summed E-state index contributed by atoms with van der Waals surface area (Å²) in [6.07, 6.45) is -12.6. The lowest BCUT2D eigenvalue weighted by Gasteiger charge is -2.07. The number of hydrogen-bond acceptors (Lipinski definition) is 1. The van der Waals surface area contributed by atoms with Crippen LogP contribution in [0.3, 0.4) is 0 Å². The van der Waals surface area contributed by atoms with E-state index in [1.807, 2.05) is 0 Å². The summed E-state index contributed by atoms with van der Waals surface area (Å²) in [5, 5.41) is 8.32. The van der Waals surface area contributed by atoms with Crippen LogP contribution in [-0.2, 0) is 4.79 Å². The summed E-state index contributed by atoms with van der Waals surface area (Å²) in [6.45, 7) is 0. The minimum atomic E-state index is -4.84. The highest BCUT2D eigenvalue weighted by atomic mass is 19.4. The number of alkyl halides is 6. The number of hydrogen-bond donors (Lipinski definition) is 1. The molecule has 0 spiro atoms. The summed E-state index contributed by atoms with van der Waals surface area (Å²) in [4.78, 5) is 10.3. The molecule has 0 rings (SSSR count). The van der Waals surface area contributed by atoms with Crippen molar-refractivity contribution in [2.24, 2.45) is 0 Å². The van der Waals surface area contributed by atoms with Gasteiger partial charge in [0, 0.05) is 18.1 Å². The molecule has 94 valence electrons. The second-order valence-corrected chi connectivity index (χ2v) is 2.99. The summed E-state index contributed by atoms with van der Waals surface area (Å²) in [5.41, 5.74) is -1.07. The molecule has 0 aromatic heterocycles. The van der Waals surface area contributed by atoms with E-state index in [9.17, 15) is 31.1 Å². The Kier molecular flexibility index (Phi) is 4.82. The van der Waals surface area contributed by atoms with Gasteiger partial charge < -0.3 is 5.11 Å². The Bertz CT molecular complexity index is 275. The fraction of sp³-hybridized carbons (Fsp3) is 0.625. The second kappa shape index (κ2) is 5.22. The number of carbonyl (C=O) groups is 1. The lowest BCUT2D eigenvalue weighted by Crippen LogP contribution is -2.11. The van der Waals surface area contributed by atoms with Gasteiger partial charge >= 0.3 is 18.3 Å². The zero-order valence-electron chi connectivity index (χ0n) is 7.82. The van der Waals surface area contributed by atoms with Crippen molar-refractivity contribution in [3.63, 3.8) is 0 Å². The van der Waals surface area contributed by atoms with E-state index in [4.69, 9.17) is 5.11 Å². The first-order chi connectivity index (χ1) is 7.01. The number of rotatable bonds is 4. The minimum Gasteiger partial charge on any atom is -0.478 e. The van der Waals surface area contributed by atoms with Crippen molar-refractivity contribution in [3.05, 3.63) is 11.6 Å². The largest absolute Gasteiger partial charge is 0.478 e. The van der Waals surface area contributed by atoms with Gasteiger partial charge in [0.2, 0.25) is 0 Å². The van der Waals surface area contributed by atoms with Gasteiger partial charge in [-0.05, 0) is 12.8 Å². The highest BCUT2D eigenvalue weighted by molar-refractivity contribution is 5.86. The van der Waals surface area contributed by atoms with Crippen LogP contribution >= 0.6 is 0 Å². The molecule has 0 saturated heterocycles. The van der Waals surface area contributed by atoms with Crippen LogP contribution in [0.5, 0.6) is 0 Å². The van der Waals surface area contributed by atoms with Crippen LogP contribution in [0, 0.1) is 0 Å². The van der Waals surface area contributed by atoms with Gasteiger partial charge in [-0.1, -0.05) is 0 Å². The van der Waals surface area contributed by atoms with Crippen LogP contribution in [-0.4, -0.2) is 23.4 Å². The predicted octanol–water partition coefficient (Wildman–Crippen LogP) is 3.29. The predicted molar refractivity (Wildman–Crippen MR) is 41.7 cm³/mol. The molecule has 0 fully saturated rings. The molecule has 0 aromatic carbocycles. The van der Waals surface area contributed by atoms with Gasteiger partial charge in [-0.25, -0.2) is 4.79 Å². The van der Waals surface area contributed by atoms with E-state index in [-0.39, 0.29) is 0 Å². The first-order valence-corrected chi connectivity index (χ1v) is 4.10. The van der Waals surface area contributed by atoms with Gasteiger partial charge in [-0.3, -0.25) is 0 Å². The molecule has 2 nitrogen and oxygen atoms in total. The Morgan fingerprint density at radius 1 is 1.12 bits per heavy atom. The summed E-state index contributed by atoms with van der Waals surface area (Å²) >= 11 is 0. The maximum atomic E-state index is 11.8. The smallest absolute Gasteiger partial charge is 0.410 e. The molecule has 8 heteroatoms. The fourth-order valence-corrected chi connectivity index (χ4v) is 0.918. The average molecular weight is 250 g/mol. The number of halogens is 6. The second-order valence-electron chi connectivity index (χ2n) is 2.99. The van der Waals surface area contributed by atoms with Crippen molar-refractivity contribution in [2.45, 2.75) is 31.6 Å². The summed E-state index contributed by atoms with van der Waals surface area (Å²) in [6, 6.07) is 0. The number of carboxylic acid groups (broad SMARTS) is 1. The first-order valence-electron chi connectivity index (χ1n) is 4.10. The van der Waals surface area contributed by atoms with Crippen LogP contribution in [0.1, 0.15) is 19.3 Å². The van der Waals surface area contributed by atoms with E-state index in [1.165, 1.54) is 0 Å². The molecule has 0 aromatic rings. The first kappa shape index (κ1) is 14.8. The molecule has 0 heterocycles. The maximum absolute atomic E-state index is 11.8. The molecular formula is C8H8F6O2. The van der Waals surface area contributed by atoms with Gasteiger partial charge in [0.25, 0.3) is 0 Å². The van der Waals surface area contributed by atoms with Crippen LogP contribution in [0.15, 0.2) is 11.6 Å². The molecule has 0 unspecified atom stereocenters. The normalized spacial score (nSPS) is 14.0. The Morgan fingerprint density at radius 3 is 1.94 bits per heavy atom. The summed E-state index contributed by atoms with van der Waals surface area (Å²) in [7, 11) is 0. The van der Waals surface area contributed by atoms with E-state index in [2.05, 4.69) is 0 Å². The number of aliphatic carboxylic acids is 1. The molecule has 0 bridgehead atoms. The van der Waals surface area contributed by atoms with Crippen molar-refractivity contribution in [2.75, 3.05) is 0 Å². The van der Waals surface area contributed by atoms with Crippen molar-refractivity contribution in [3.8, 4) is 0 Å². The molecular weight excluding hydrogens is 242 g/mol. The van der Waals surface area contributed by atoms with Gasteiger partial charge in [-0.2, -0.15) is 26.3 Å². The van der Waals surface area contributed by atoms with E-state index >= 15 is 0 Å². The summed E-state index contributed by atoms with van der Waals surface area (Å²) < 4.78 is 70.3. The molecule has 0 aliphatic heterocycles. The van der Waals surface area contributed by atoms with Gasteiger partial charge in [0.15, 0.2) is 0 Å². The molecule has 16 heavy (non-hydrogen) atoms. The third-order valence-electron chi connectivity index (χ3n) is 1.52. The summed E-state index contributed by atoms with van der Waals surface area (Å²) in [5.74, 6) is -1.86. The lowest BCUT2D eigenvalue weighted by atomic mass is 10.1. The lowest BCUT2D eigenvalue weighted by molar-refractivity contribution is -0.138. The van der Waals surface area contributed by atoms with Crippen molar-refractivity contribution < 1.29 is 36.2 Å². The van der Waals surface area contributed by atoms with E-state index in [0.717, 1.165) is 0 Å². The van der Waals surface area contributed by atoms with Crippen molar-refractivity contribution >= 4 is 5.97 Å². The zero-order valence-corrected chi connectivity index (χ0v) is 7.82. The third-order valence-corrected chi connectivity index (χ3v) is 1.52. The molecule has 0 aliphatic rings. The van der Waals surface area contributed by atoms with Crippen LogP contribution in [0.2, 0.25) is 0 Å². The highest BCUT2D eigenvalue weighted by Crippen LogP contribution is 2.25. The van der Waals surface area contributed by atoms with Crippen molar-refractivity contribution in [1.82, 2.24) is 0 Å². The average Bonchev–Trinajstić information content (AvgIpc) is 1.97. The maximum Gasteiger partial charge on any atom is 0.410 e. The SMILES string of the molecule is O=C(O)C(=CC(F)(F)F)CCCC(F)(F)F. The van der Waals surface area contributed by atoms with Crippen LogP contribution in [0.4, 0.5) is 26.3 Å². The van der Waals surface area contributed by atoms with Gasteiger partial charge in [0.05, 0.1) is 0 Å². The van der Waals surface area contributed by atoms with Crippen LogP contribution in [0.25, 0.3) is 0 Å². The van der Waals surface area contributed by atoms with Crippen molar-refractivity contribution in [1.29, 1.82) is 0 Å². The highest BCUT2D eigenvalue weighted by Gasteiger charge is 2.29. The number of allylic oxidation sites excluding steroid dienone is 1. The van der Waals surface area contributed by atoms with Gasteiger partial charge in [0.1, 0.15) is 0 Å². The molecule has 0 amide bonds. The quantitative estimate of drug-likeness (QED) is 0.614. The molecule has 0 aliphatic carbocycles. The van der Waals surface area contributed by atoms with Crippen LogP contribution < -0.4 is 0 Å². The molecule has 0 saturated carbocycles. The number of carboxylic acids is 1. The Morgan fingerprint density at radius 2 is 1.62 bits per heavy atom.